The lowest BCUT2D eigenvalue weighted by Crippen LogP contribution is -2.47. The van der Waals surface area contributed by atoms with Gasteiger partial charge in [-0.2, -0.15) is 0 Å². The van der Waals surface area contributed by atoms with Gasteiger partial charge in [0.15, 0.2) is 0 Å². The number of halogens is 2. The van der Waals surface area contributed by atoms with Gasteiger partial charge in [0, 0.05) is 45.3 Å². The Morgan fingerprint density at radius 1 is 0.406 bits per heavy atom. The summed E-state index contributed by atoms with van der Waals surface area (Å²) < 4.78 is 42.7. The number of hydrogen-bond donors (Lipinski definition) is 1. The number of rotatable bonds is 21. The normalized spacial score (nSPS) is 13.6. The van der Waals surface area contributed by atoms with E-state index in [1.807, 2.05) is 197 Å². The third kappa shape index (κ3) is 18.8. The maximum absolute atomic E-state index is 14.3. The average Bonchev–Trinajstić information content (AvgIpc) is 3.37. The molecule has 10 nitrogen and oxygen atoms in total. The van der Waals surface area contributed by atoms with Gasteiger partial charge < -0.3 is 19.3 Å². The minimum absolute atomic E-state index is 0.424. The molecule has 0 aromatic heterocycles. The Labute approximate surface area is 407 Å². The van der Waals surface area contributed by atoms with Gasteiger partial charge in [0.05, 0.1) is 27.4 Å². The Hall–Kier alpha value is -6.57. The van der Waals surface area contributed by atoms with Crippen molar-refractivity contribution in [2.75, 3.05) is 21.3 Å². The van der Waals surface area contributed by atoms with Crippen molar-refractivity contribution in [3.8, 4) is 0 Å². The van der Waals surface area contributed by atoms with Crippen molar-refractivity contribution in [3.05, 3.63) is 215 Å². The number of ether oxygens (including phenoxy) is 3. The Morgan fingerprint density at radius 3 is 0.870 bits per heavy atom. The molecule has 0 saturated carbocycles. The topological polar surface area (TPSA) is 109 Å². The minimum atomic E-state index is -1.67. The second-order valence-corrected chi connectivity index (χ2v) is 16.6. The lowest BCUT2D eigenvalue weighted by molar-refractivity contribution is -0.152. The Morgan fingerprint density at radius 2 is 0.638 bits per heavy atom. The minimum Gasteiger partial charge on any atom is -0.468 e. The fourth-order valence-electron chi connectivity index (χ4n) is 7.77. The number of alkyl halides is 2. The van der Waals surface area contributed by atoms with Gasteiger partial charge in [-0.15, -0.1) is 0 Å². The van der Waals surface area contributed by atoms with Crippen LogP contribution < -0.4 is 0 Å². The molecule has 0 radical (unpaired) electrons. The van der Waals surface area contributed by atoms with E-state index in [4.69, 9.17) is 9.47 Å². The van der Waals surface area contributed by atoms with Crippen molar-refractivity contribution in [3.63, 3.8) is 0 Å². The standard InChI is InChI=1S/2C19H22FNO2.C19H23NO3/c1-15(18(20)19(22)23-2)21(13-16-9-5-3-6-10-16)14-17-11-7-4-8-12-17;1-15(20)18(19(22)23-2)21(13-16-9-5-3-6-10-16)14-17-11-7-4-8-12-17;1-15(21)18(19(22)23-2)20(13-16-9-5-3-6-10-16)14-17-11-7-4-8-12-17/h2*3-12,15,18H,13-14H2,1-2H3;3-12,15,18,21H,13-14H2,1-2H3/t15-,18+;;/m0../s1. The van der Waals surface area contributed by atoms with E-state index in [-0.39, 0.29) is 0 Å². The second kappa shape index (κ2) is 30.0. The third-order valence-corrected chi connectivity index (χ3v) is 11.4. The highest BCUT2D eigenvalue weighted by Crippen LogP contribution is 2.21. The SMILES string of the molecule is COC(=O)C(C(C)F)N(Cc1ccccc1)Cc1ccccc1.COC(=O)C(C(C)O)N(Cc1ccccc1)Cc1ccccc1.COC(=O)[C@H](F)[C@H](C)N(Cc1ccccc1)Cc1ccccc1. The molecular formula is C57H67F2N3O7. The molecular weight excluding hydrogens is 877 g/mol. The number of hydrogen-bond acceptors (Lipinski definition) is 10. The summed E-state index contributed by atoms with van der Waals surface area (Å²) in [5, 5.41) is 10.1. The number of benzene rings is 6. The number of carbonyl (C=O) groups excluding carboxylic acids is 3. The smallest absolute Gasteiger partial charge is 0.342 e. The molecule has 12 heteroatoms. The first kappa shape index (κ1) is 55.0. The molecule has 0 amide bonds. The van der Waals surface area contributed by atoms with E-state index in [0.717, 1.165) is 33.4 Å². The molecule has 6 aromatic carbocycles. The maximum atomic E-state index is 14.3. The average molecular weight is 944 g/mol. The summed E-state index contributed by atoms with van der Waals surface area (Å²) in [4.78, 5) is 41.5. The van der Waals surface area contributed by atoms with Crippen LogP contribution in [-0.4, -0.2) is 95.6 Å². The Balaban J connectivity index is 0.000000225. The molecule has 6 atom stereocenters. The van der Waals surface area contributed by atoms with Gasteiger partial charge in [0.25, 0.3) is 0 Å². The van der Waals surface area contributed by atoms with Crippen LogP contribution in [0.3, 0.4) is 0 Å². The Bertz CT molecular complexity index is 2100. The molecule has 366 valence electrons. The molecule has 69 heavy (non-hydrogen) atoms. The van der Waals surface area contributed by atoms with Crippen molar-refractivity contribution in [1.29, 1.82) is 0 Å². The summed E-state index contributed by atoms with van der Waals surface area (Å²) in [6, 6.07) is 56.7. The highest BCUT2D eigenvalue weighted by atomic mass is 19.1. The molecule has 0 heterocycles. The van der Waals surface area contributed by atoms with Gasteiger partial charge in [0.2, 0.25) is 6.17 Å². The molecule has 0 aliphatic rings. The van der Waals surface area contributed by atoms with Crippen molar-refractivity contribution < 1.29 is 42.5 Å². The van der Waals surface area contributed by atoms with Crippen LogP contribution in [-0.2, 0) is 67.9 Å². The lowest BCUT2D eigenvalue weighted by Gasteiger charge is -2.31. The number of carbonyl (C=O) groups is 3. The van der Waals surface area contributed by atoms with Gasteiger partial charge in [-0.3, -0.25) is 24.3 Å². The van der Waals surface area contributed by atoms with Crippen LogP contribution in [0.25, 0.3) is 0 Å². The zero-order valence-corrected chi connectivity index (χ0v) is 40.5. The van der Waals surface area contributed by atoms with E-state index in [0.29, 0.717) is 39.3 Å². The third-order valence-electron chi connectivity index (χ3n) is 11.4. The predicted molar refractivity (Wildman–Crippen MR) is 267 cm³/mol. The first-order chi connectivity index (χ1) is 33.3. The van der Waals surface area contributed by atoms with E-state index in [1.165, 1.54) is 28.3 Å². The summed E-state index contributed by atoms with van der Waals surface area (Å²) in [5.74, 6) is -1.80. The fourth-order valence-corrected chi connectivity index (χ4v) is 7.77. The van der Waals surface area contributed by atoms with Crippen LogP contribution in [0.2, 0.25) is 0 Å². The summed E-state index contributed by atoms with van der Waals surface area (Å²) in [6.07, 6.45) is -3.82. The van der Waals surface area contributed by atoms with Gasteiger partial charge in [-0.1, -0.05) is 182 Å². The van der Waals surface area contributed by atoms with Crippen molar-refractivity contribution in [2.24, 2.45) is 0 Å². The zero-order chi connectivity index (χ0) is 50.0. The van der Waals surface area contributed by atoms with Crippen molar-refractivity contribution >= 4 is 17.9 Å². The largest absolute Gasteiger partial charge is 0.468 e. The number of esters is 3. The van der Waals surface area contributed by atoms with E-state index in [1.54, 1.807) is 13.8 Å². The van der Waals surface area contributed by atoms with Gasteiger partial charge in [-0.05, 0) is 54.2 Å². The van der Waals surface area contributed by atoms with Crippen molar-refractivity contribution in [2.45, 2.75) is 96.6 Å². The van der Waals surface area contributed by atoms with E-state index in [9.17, 15) is 28.3 Å². The number of nitrogens with zero attached hydrogens (tertiary/aromatic N) is 3. The van der Waals surface area contributed by atoms with Crippen LogP contribution in [0.5, 0.6) is 0 Å². The van der Waals surface area contributed by atoms with Gasteiger partial charge in [0.1, 0.15) is 18.3 Å². The molecule has 1 N–H and O–H groups in total. The molecule has 0 aliphatic heterocycles. The molecule has 6 rings (SSSR count). The number of aliphatic hydroxyl groups is 1. The summed E-state index contributed by atoms with van der Waals surface area (Å²) in [7, 11) is 3.85. The predicted octanol–water partition coefficient (Wildman–Crippen LogP) is 9.79. The van der Waals surface area contributed by atoms with E-state index in [2.05, 4.69) is 4.74 Å². The van der Waals surface area contributed by atoms with Crippen molar-refractivity contribution in [1.82, 2.24) is 14.7 Å². The monoisotopic (exact) mass is 943 g/mol. The summed E-state index contributed by atoms with van der Waals surface area (Å²) in [6.45, 7) is 7.92. The van der Waals surface area contributed by atoms with Crippen LogP contribution >= 0.6 is 0 Å². The quantitative estimate of drug-likeness (QED) is 0.0554. The highest BCUT2D eigenvalue weighted by Gasteiger charge is 2.34. The molecule has 4 unspecified atom stereocenters. The number of methoxy groups -OCH3 is 3. The van der Waals surface area contributed by atoms with Crippen LogP contribution in [0.15, 0.2) is 182 Å². The Kier molecular flexibility index (Phi) is 24.0. The second-order valence-electron chi connectivity index (χ2n) is 16.6. The maximum Gasteiger partial charge on any atom is 0.342 e. The molecule has 0 bridgehead atoms. The van der Waals surface area contributed by atoms with Gasteiger partial charge >= 0.3 is 17.9 Å². The summed E-state index contributed by atoms with van der Waals surface area (Å²) in [5.41, 5.74) is 6.37. The van der Waals surface area contributed by atoms with Gasteiger partial charge in [-0.25, -0.2) is 13.6 Å². The first-order valence-electron chi connectivity index (χ1n) is 23.0. The highest BCUT2D eigenvalue weighted by molar-refractivity contribution is 5.77. The molecule has 0 saturated heterocycles. The zero-order valence-electron chi connectivity index (χ0n) is 40.5. The first-order valence-corrected chi connectivity index (χ1v) is 23.0. The van der Waals surface area contributed by atoms with Crippen LogP contribution in [0.4, 0.5) is 8.78 Å². The molecule has 0 aliphatic carbocycles. The van der Waals surface area contributed by atoms with E-state index < -0.39 is 54.5 Å². The van der Waals surface area contributed by atoms with Crippen LogP contribution in [0.1, 0.15) is 54.2 Å². The summed E-state index contributed by atoms with van der Waals surface area (Å²) >= 11 is 0. The molecule has 6 aromatic rings. The molecule has 0 fully saturated rings. The fraction of sp³-hybridized carbons (Fsp3) is 0.316. The molecule has 0 spiro atoms. The van der Waals surface area contributed by atoms with E-state index >= 15 is 0 Å². The number of aliphatic hydroxyl groups excluding tert-OH is 1. The van der Waals surface area contributed by atoms with Crippen LogP contribution in [0, 0.1) is 0 Å². The lowest BCUT2D eigenvalue weighted by atomic mass is 10.1.